The Balaban J connectivity index is 1.46. The van der Waals surface area contributed by atoms with Gasteiger partial charge in [-0.25, -0.2) is 0 Å². The highest BCUT2D eigenvalue weighted by Gasteiger charge is 2.21. The van der Waals surface area contributed by atoms with Crippen molar-refractivity contribution in [2.24, 2.45) is 0 Å². The van der Waals surface area contributed by atoms with Crippen molar-refractivity contribution in [2.75, 3.05) is 38.0 Å². The van der Waals surface area contributed by atoms with Gasteiger partial charge in [0.25, 0.3) is 0 Å². The van der Waals surface area contributed by atoms with Crippen LogP contribution in [0, 0.1) is 13.8 Å². The van der Waals surface area contributed by atoms with Crippen molar-refractivity contribution >= 4 is 35.2 Å². The molecule has 2 aromatic carbocycles. The van der Waals surface area contributed by atoms with Gasteiger partial charge < -0.3 is 10.2 Å². The summed E-state index contributed by atoms with van der Waals surface area (Å²) in [7, 11) is 0. The number of aryl methyl sites for hydroxylation is 1. The molecule has 0 spiro atoms. The van der Waals surface area contributed by atoms with Gasteiger partial charge in [-0.2, -0.15) is 0 Å². The van der Waals surface area contributed by atoms with E-state index in [-0.39, 0.29) is 11.8 Å². The SMILES string of the molecule is Cc1cccc(NC(=O)CN2CCN(C(=O)/C=C/c3cccc(Cl)c3)CC2)c1C. The van der Waals surface area contributed by atoms with Crippen LogP contribution in [0.3, 0.4) is 0 Å². The van der Waals surface area contributed by atoms with E-state index in [4.69, 9.17) is 11.6 Å². The molecule has 1 aliphatic rings. The summed E-state index contributed by atoms with van der Waals surface area (Å²) in [4.78, 5) is 28.7. The van der Waals surface area contributed by atoms with Gasteiger partial charge >= 0.3 is 0 Å². The first kappa shape index (κ1) is 21.1. The molecule has 1 N–H and O–H groups in total. The van der Waals surface area contributed by atoms with Crippen LogP contribution in [0.1, 0.15) is 16.7 Å². The predicted octanol–water partition coefficient (Wildman–Crippen LogP) is 3.75. The molecule has 152 valence electrons. The summed E-state index contributed by atoms with van der Waals surface area (Å²) >= 11 is 5.97. The largest absolute Gasteiger partial charge is 0.337 e. The van der Waals surface area contributed by atoms with Gasteiger partial charge in [-0.1, -0.05) is 35.9 Å². The average molecular weight is 412 g/mol. The van der Waals surface area contributed by atoms with Crippen LogP contribution < -0.4 is 5.32 Å². The second kappa shape index (κ2) is 9.72. The smallest absolute Gasteiger partial charge is 0.246 e. The molecule has 1 fully saturated rings. The number of hydrogen-bond donors (Lipinski definition) is 1. The van der Waals surface area contributed by atoms with Gasteiger partial charge in [0, 0.05) is 43.0 Å². The zero-order valence-corrected chi connectivity index (χ0v) is 17.6. The molecule has 0 unspecified atom stereocenters. The maximum absolute atomic E-state index is 12.4. The van der Waals surface area contributed by atoms with E-state index < -0.39 is 0 Å². The summed E-state index contributed by atoms with van der Waals surface area (Å²) in [6, 6.07) is 13.3. The number of amides is 2. The van der Waals surface area contributed by atoms with Crippen molar-refractivity contribution in [1.82, 2.24) is 9.80 Å². The minimum atomic E-state index is -0.0284. The zero-order valence-electron chi connectivity index (χ0n) is 16.8. The monoisotopic (exact) mass is 411 g/mol. The fourth-order valence-electron chi connectivity index (χ4n) is 3.29. The van der Waals surface area contributed by atoms with Crippen LogP contribution in [0.2, 0.25) is 5.02 Å². The van der Waals surface area contributed by atoms with E-state index in [2.05, 4.69) is 10.2 Å². The van der Waals surface area contributed by atoms with E-state index in [0.717, 1.165) is 22.4 Å². The number of nitrogens with zero attached hydrogens (tertiary/aromatic N) is 2. The van der Waals surface area contributed by atoms with Gasteiger partial charge in [0.05, 0.1) is 6.54 Å². The van der Waals surface area contributed by atoms with Crippen molar-refractivity contribution in [1.29, 1.82) is 0 Å². The van der Waals surface area contributed by atoms with Crippen LogP contribution in [0.5, 0.6) is 0 Å². The zero-order chi connectivity index (χ0) is 20.8. The van der Waals surface area contributed by atoms with Crippen LogP contribution in [0.25, 0.3) is 6.08 Å². The molecule has 1 saturated heterocycles. The van der Waals surface area contributed by atoms with Crippen LogP contribution in [-0.2, 0) is 9.59 Å². The van der Waals surface area contributed by atoms with Gasteiger partial charge in [-0.3, -0.25) is 14.5 Å². The Morgan fingerprint density at radius 2 is 1.79 bits per heavy atom. The number of rotatable bonds is 5. The maximum Gasteiger partial charge on any atom is 0.246 e. The summed E-state index contributed by atoms with van der Waals surface area (Å²) in [5, 5.41) is 3.64. The van der Waals surface area contributed by atoms with Gasteiger partial charge in [0.2, 0.25) is 11.8 Å². The van der Waals surface area contributed by atoms with Gasteiger partial charge in [-0.05, 0) is 54.8 Å². The third kappa shape index (κ3) is 5.92. The third-order valence-corrected chi connectivity index (χ3v) is 5.43. The lowest BCUT2D eigenvalue weighted by Gasteiger charge is -2.33. The lowest BCUT2D eigenvalue weighted by Crippen LogP contribution is -2.50. The van der Waals surface area contributed by atoms with Crippen molar-refractivity contribution in [3.63, 3.8) is 0 Å². The van der Waals surface area contributed by atoms with Crippen LogP contribution >= 0.6 is 11.6 Å². The molecule has 2 aromatic rings. The molecule has 3 rings (SSSR count). The summed E-state index contributed by atoms with van der Waals surface area (Å²) in [6.45, 7) is 6.93. The summed E-state index contributed by atoms with van der Waals surface area (Å²) in [5.74, 6) is -0.0520. The Morgan fingerprint density at radius 3 is 2.52 bits per heavy atom. The number of benzene rings is 2. The van der Waals surface area contributed by atoms with Crippen LogP contribution in [0.4, 0.5) is 5.69 Å². The Kier molecular flexibility index (Phi) is 7.07. The molecule has 0 saturated carbocycles. The number of piperazine rings is 1. The van der Waals surface area contributed by atoms with Crippen molar-refractivity contribution < 1.29 is 9.59 Å². The van der Waals surface area contributed by atoms with Crippen molar-refractivity contribution in [3.8, 4) is 0 Å². The first-order valence-electron chi connectivity index (χ1n) is 9.73. The van der Waals surface area contributed by atoms with Crippen molar-refractivity contribution in [3.05, 3.63) is 70.3 Å². The third-order valence-electron chi connectivity index (χ3n) is 5.20. The molecular formula is C23H26ClN3O2. The Bertz CT molecular complexity index is 918. The molecular weight excluding hydrogens is 386 g/mol. The van der Waals surface area contributed by atoms with Gasteiger partial charge in [0.1, 0.15) is 0 Å². The summed E-state index contributed by atoms with van der Waals surface area (Å²) in [6.07, 6.45) is 3.35. The summed E-state index contributed by atoms with van der Waals surface area (Å²) < 4.78 is 0. The molecule has 0 atom stereocenters. The molecule has 0 radical (unpaired) electrons. The first-order valence-corrected chi connectivity index (χ1v) is 10.1. The fraction of sp³-hybridized carbons (Fsp3) is 0.304. The van der Waals surface area contributed by atoms with Gasteiger partial charge in [0.15, 0.2) is 0 Å². The lowest BCUT2D eigenvalue weighted by molar-refractivity contribution is -0.127. The van der Waals surface area contributed by atoms with E-state index >= 15 is 0 Å². The molecule has 1 heterocycles. The number of nitrogens with one attached hydrogen (secondary N) is 1. The van der Waals surface area contributed by atoms with E-state index in [9.17, 15) is 9.59 Å². The second-order valence-corrected chi connectivity index (χ2v) is 7.72. The average Bonchev–Trinajstić information content (AvgIpc) is 2.70. The van der Waals surface area contributed by atoms with Gasteiger partial charge in [-0.15, -0.1) is 0 Å². The maximum atomic E-state index is 12.4. The highest BCUT2D eigenvalue weighted by Crippen LogP contribution is 2.18. The topological polar surface area (TPSA) is 52.7 Å². The molecule has 1 aliphatic heterocycles. The van der Waals surface area contributed by atoms with E-state index in [1.807, 2.05) is 50.2 Å². The highest BCUT2D eigenvalue weighted by molar-refractivity contribution is 6.30. The quantitative estimate of drug-likeness (QED) is 0.762. The molecule has 6 heteroatoms. The number of carbonyl (C=O) groups excluding carboxylic acids is 2. The summed E-state index contributed by atoms with van der Waals surface area (Å²) in [5.41, 5.74) is 3.99. The molecule has 29 heavy (non-hydrogen) atoms. The molecule has 0 bridgehead atoms. The lowest BCUT2D eigenvalue weighted by atomic mass is 10.1. The number of hydrogen-bond acceptors (Lipinski definition) is 3. The minimum Gasteiger partial charge on any atom is -0.337 e. The predicted molar refractivity (Wildman–Crippen MR) is 118 cm³/mol. The Hall–Kier alpha value is -2.63. The van der Waals surface area contributed by atoms with E-state index in [0.29, 0.717) is 37.7 Å². The molecule has 0 aliphatic carbocycles. The van der Waals surface area contributed by atoms with E-state index in [1.54, 1.807) is 23.1 Å². The number of carbonyl (C=O) groups is 2. The normalized spacial score (nSPS) is 14.9. The number of anilines is 1. The Morgan fingerprint density at radius 1 is 1.07 bits per heavy atom. The fourth-order valence-corrected chi connectivity index (χ4v) is 3.49. The molecule has 5 nitrogen and oxygen atoms in total. The van der Waals surface area contributed by atoms with E-state index in [1.165, 1.54) is 0 Å². The van der Waals surface area contributed by atoms with Crippen LogP contribution in [0.15, 0.2) is 48.5 Å². The Labute approximate surface area is 177 Å². The van der Waals surface area contributed by atoms with Crippen LogP contribution in [-0.4, -0.2) is 54.3 Å². The number of halogens is 1. The second-order valence-electron chi connectivity index (χ2n) is 7.29. The minimum absolute atomic E-state index is 0.0236. The molecule has 2 amide bonds. The van der Waals surface area contributed by atoms with Crippen molar-refractivity contribution in [2.45, 2.75) is 13.8 Å². The standard InChI is InChI=1S/C23H26ClN3O2/c1-17-5-3-8-21(18(17)2)25-22(28)16-26-11-13-27(14-12-26)23(29)10-9-19-6-4-7-20(24)15-19/h3-10,15H,11-14,16H2,1-2H3,(H,25,28)/b10-9+. The highest BCUT2D eigenvalue weighted by atomic mass is 35.5. The first-order chi connectivity index (χ1) is 13.9. The molecule has 0 aromatic heterocycles.